The van der Waals surface area contributed by atoms with Crippen LogP contribution in [0.15, 0.2) is 66.7 Å². The molecule has 1 saturated carbocycles. The lowest BCUT2D eigenvalue weighted by atomic mass is 9.74. The second-order valence-corrected chi connectivity index (χ2v) is 10.7. The van der Waals surface area contributed by atoms with Crippen LogP contribution in [0.2, 0.25) is 0 Å². The largest absolute Gasteiger partial charge is 0.497 e. The lowest BCUT2D eigenvalue weighted by Gasteiger charge is -2.34. The van der Waals surface area contributed by atoms with E-state index in [1.54, 1.807) is 36.3 Å². The van der Waals surface area contributed by atoms with Crippen LogP contribution in [0, 0.1) is 11.8 Å². The minimum atomic E-state index is -1.17. The average molecular weight is 516 g/mol. The van der Waals surface area contributed by atoms with Crippen molar-refractivity contribution in [3.05, 3.63) is 72.3 Å². The fraction of sp³-hybridized carbons (Fsp3) is 0.433. The quantitative estimate of drug-likeness (QED) is 0.551. The summed E-state index contributed by atoms with van der Waals surface area (Å²) in [5.41, 5.74) is 0.359. The molecule has 2 N–H and O–H groups in total. The molecule has 6 rings (SSSR count). The fourth-order valence-corrected chi connectivity index (χ4v) is 6.64. The second-order valence-electron chi connectivity index (χ2n) is 10.7. The van der Waals surface area contributed by atoms with Gasteiger partial charge in [-0.15, -0.1) is 0 Å². The van der Waals surface area contributed by atoms with Gasteiger partial charge in [0.2, 0.25) is 17.7 Å². The van der Waals surface area contributed by atoms with Crippen molar-refractivity contribution in [2.75, 3.05) is 12.4 Å². The molecule has 2 saturated heterocycles. The van der Waals surface area contributed by atoms with E-state index in [0.717, 1.165) is 31.2 Å². The maximum absolute atomic E-state index is 14.1. The summed E-state index contributed by atoms with van der Waals surface area (Å²) in [5, 5.41) is 6.17. The zero-order valence-corrected chi connectivity index (χ0v) is 21.5. The molecule has 1 aliphatic carbocycles. The Hall–Kier alpha value is -3.65. The van der Waals surface area contributed by atoms with Crippen LogP contribution in [-0.2, 0) is 25.7 Å². The lowest BCUT2D eigenvalue weighted by molar-refractivity contribution is -0.142. The summed E-state index contributed by atoms with van der Waals surface area (Å²) in [4.78, 5) is 43.1. The van der Waals surface area contributed by atoms with Crippen molar-refractivity contribution < 1.29 is 23.9 Å². The van der Waals surface area contributed by atoms with Crippen LogP contribution in [0.5, 0.6) is 5.75 Å². The Balaban J connectivity index is 1.30. The number of amides is 3. The highest BCUT2D eigenvalue weighted by Gasteiger charge is 2.72. The lowest BCUT2D eigenvalue weighted by Crippen LogP contribution is -2.56. The minimum absolute atomic E-state index is 0.0946. The topological polar surface area (TPSA) is 97.0 Å². The molecule has 0 aromatic heterocycles. The van der Waals surface area contributed by atoms with Crippen LogP contribution in [0.25, 0.3) is 0 Å². The summed E-state index contributed by atoms with van der Waals surface area (Å²) >= 11 is 0. The van der Waals surface area contributed by atoms with E-state index in [-0.39, 0.29) is 30.3 Å². The maximum atomic E-state index is 14.1. The number of nitrogens with one attached hydrogen (secondary N) is 2. The molecule has 38 heavy (non-hydrogen) atoms. The van der Waals surface area contributed by atoms with Crippen molar-refractivity contribution in [3.8, 4) is 5.75 Å². The van der Waals surface area contributed by atoms with Crippen LogP contribution in [0.4, 0.5) is 5.69 Å². The highest BCUT2D eigenvalue weighted by atomic mass is 16.5. The second kappa shape index (κ2) is 9.91. The van der Waals surface area contributed by atoms with Gasteiger partial charge in [-0.2, -0.15) is 0 Å². The Morgan fingerprint density at radius 1 is 1.03 bits per heavy atom. The maximum Gasteiger partial charge on any atom is 0.246 e. The molecular formula is C30H33N3O5. The highest BCUT2D eigenvalue weighted by Crippen LogP contribution is 2.55. The summed E-state index contributed by atoms with van der Waals surface area (Å²) < 4.78 is 11.6. The molecule has 1 spiro atoms. The van der Waals surface area contributed by atoms with Gasteiger partial charge in [0.25, 0.3) is 0 Å². The number of carbonyl (C=O) groups is 3. The summed E-state index contributed by atoms with van der Waals surface area (Å²) in [6.07, 6.45) is 8.36. The molecule has 2 aromatic carbocycles. The molecule has 8 heteroatoms. The molecule has 198 valence electrons. The first-order chi connectivity index (χ1) is 18.5. The van der Waals surface area contributed by atoms with Crippen LogP contribution < -0.4 is 15.4 Å². The van der Waals surface area contributed by atoms with Crippen molar-refractivity contribution in [1.29, 1.82) is 0 Å². The standard InChI is InChI=1S/C30H33N3O5/c1-37-22-14-12-21(13-15-22)31-27(34)24-23-16-17-30(38-23)25(24)29(36)33(18-19-8-4-2-5-9-19)26(30)28(35)32-20-10-6-3-7-11-20/h2,4-5,8-9,12-17,20,23-26H,3,6-7,10-11,18H2,1H3,(H,31,34)(H,32,35)/t23-,24-,25-,26+,30-/m0/s1. The van der Waals surface area contributed by atoms with Crippen molar-refractivity contribution in [2.24, 2.45) is 11.8 Å². The first-order valence-corrected chi connectivity index (χ1v) is 13.5. The molecule has 3 heterocycles. The first kappa shape index (κ1) is 24.7. The molecule has 3 amide bonds. The van der Waals surface area contributed by atoms with Crippen LogP contribution >= 0.6 is 0 Å². The Morgan fingerprint density at radius 3 is 2.47 bits per heavy atom. The Labute approximate surface area is 222 Å². The normalized spacial score (nSPS) is 29.8. The van der Waals surface area contributed by atoms with Gasteiger partial charge in [-0.25, -0.2) is 0 Å². The van der Waals surface area contributed by atoms with E-state index < -0.39 is 29.6 Å². The van der Waals surface area contributed by atoms with Crippen molar-refractivity contribution >= 4 is 23.4 Å². The number of rotatable bonds is 7. The predicted octanol–water partition coefficient (Wildman–Crippen LogP) is 3.43. The van der Waals surface area contributed by atoms with Crippen molar-refractivity contribution in [1.82, 2.24) is 10.2 Å². The van der Waals surface area contributed by atoms with E-state index in [2.05, 4.69) is 10.6 Å². The molecule has 3 aliphatic heterocycles. The number of hydrogen-bond acceptors (Lipinski definition) is 5. The number of carbonyl (C=O) groups excluding carboxylic acids is 3. The number of anilines is 1. The zero-order valence-electron chi connectivity index (χ0n) is 21.5. The van der Waals surface area contributed by atoms with Crippen molar-refractivity contribution in [3.63, 3.8) is 0 Å². The van der Waals surface area contributed by atoms with Crippen LogP contribution in [-0.4, -0.2) is 53.5 Å². The van der Waals surface area contributed by atoms with Crippen LogP contribution in [0.3, 0.4) is 0 Å². The summed E-state index contributed by atoms with van der Waals surface area (Å²) in [6, 6.07) is 15.9. The smallest absolute Gasteiger partial charge is 0.246 e. The molecule has 5 atom stereocenters. The summed E-state index contributed by atoms with van der Waals surface area (Å²) in [6.45, 7) is 0.273. The number of methoxy groups -OCH3 is 1. The molecule has 2 aromatic rings. The van der Waals surface area contributed by atoms with Gasteiger partial charge in [-0.1, -0.05) is 61.7 Å². The Kier molecular flexibility index (Phi) is 6.43. The molecule has 0 radical (unpaired) electrons. The number of ether oxygens (including phenoxy) is 2. The SMILES string of the molecule is COc1ccc(NC(=O)[C@H]2[C@@H]3C=C[C@]4(O3)[C@@H]2C(=O)N(Cc2ccccc2)[C@@H]4C(=O)NC2CCCCC2)cc1. The number of nitrogens with zero attached hydrogens (tertiary/aromatic N) is 1. The van der Waals surface area contributed by atoms with Gasteiger partial charge >= 0.3 is 0 Å². The highest BCUT2D eigenvalue weighted by molar-refractivity contribution is 6.02. The minimum Gasteiger partial charge on any atom is -0.497 e. The Morgan fingerprint density at radius 2 is 1.76 bits per heavy atom. The molecule has 3 fully saturated rings. The van der Waals surface area contributed by atoms with Gasteiger partial charge in [0.1, 0.15) is 17.4 Å². The number of likely N-dealkylation sites (tertiary alicyclic amines) is 1. The van der Waals surface area contributed by atoms with Gasteiger partial charge in [0.15, 0.2) is 0 Å². The van der Waals surface area contributed by atoms with E-state index >= 15 is 0 Å². The third kappa shape index (κ3) is 4.17. The van der Waals surface area contributed by atoms with Gasteiger partial charge in [0.05, 0.1) is 25.0 Å². The molecule has 2 bridgehead atoms. The van der Waals surface area contributed by atoms with Crippen molar-refractivity contribution in [2.45, 2.75) is 62.4 Å². The van der Waals surface area contributed by atoms with Gasteiger partial charge < -0.3 is 25.0 Å². The average Bonchev–Trinajstić information content (AvgIpc) is 3.58. The van der Waals surface area contributed by atoms with Crippen LogP contribution in [0.1, 0.15) is 37.7 Å². The molecule has 4 aliphatic rings. The van der Waals surface area contributed by atoms with E-state index in [9.17, 15) is 14.4 Å². The van der Waals surface area contributed by atoms with Gasteiger partial charge in [-0.3, -0.25) is 14.4 Å². The number of hydrogen-bond donors (Lipinski definition) is 2. The summed E-state index contributed by atoms with van der Waals surface area (Å²) in [7, 11) is 1.58. The van der Waals surface area contributed by atoms with E-state index in [4.69, 9.17) is 9.47 Å². The fourth-order valence-electron chi connectivity index (χ4n) is 6.64. The Bertz CT molecular complexity index is 1240. The van der Waals surface area contributed by atoms with E-state index in [1.807, 2.05) is 42.5 Å². The number of benzene rings is 2. The molecular weight excluding hydrogens is 482 g/mol. The van der Waals surface area contributed by atoms with E-state index in [1.165, 1.54) is 6.42 Å². The predicted molar refractivity (Wildman–Crippen MR) is 141 cm³/mol. The monoisotopic (exact) mass is 515 g/mol. The third-order valence-corrected chi connectivity index (χ3v) is 8.43. The zero-order chi connectivity index (χ0) is 26.3. The molecule has 0 unspecified atom stereocenters. The number of fused-ring (bicyclic) bond motifs is 1. The third-order valence-electron chi connectivity index (χ3n) is 8.43. The van der Waals surface area contributed by atoms with Gasteiger partial charge in [-0.05, 0) is 42.7 Å². The van der Waals surface area contributed by atoms with E-state index in [0.29, 0.717) is 11.4 Å². The summed E-state index contributed by atoms with van der Waals surface area (Å²) in [5.74, 6) is -1.55. The molecule has 8 nitrogen and oxygen atoms in total. The first-order valence-electron chi connectivity index (χ1n) is 13.5. The van der Waals surface area contributed by atoms with Gasteiger partial charge in [0, 0.05) is 18.3 Å².